The normalized spacial score (nSPS) is 12.5. The van der Waals surface area contributed by atoms with Crippen molar-refractivity contribution in [1.82, 2.24) is 5.32 Å². The monoisotopic (exact) mass is 275 g/mol. The van der Waals surface area contributed by atoms with Crippen molar-refractivity contribution in [2.45, 2.75) is 26.8 Å². The van der Waals surface area contributed by atoms with Crippen molar-refractivity contribution >= 4 is 0 Å². The highest BCUT2D eigenvalue weighted by molar-refractivity contribution is 5.42. The van der Waals surface area contributed by atoms with Crippen LogP contribution < -0.4 is 5.32 Å². The van der Waals surface area contributed by atoms with Crippen LogP contribution in [0, 0.1) is 32.4 Å². The summed E-state index contributed by atoms with van der Waals surface area (Å²) >= 11 is 0. The Balaban J connectivity index is 2.61. The maximum absolute atomic E-state index is 14.3. The predicted octanol–water partition coefficient (Wildman–Crippen LogP) is 4.20. The van der Waals surface area contributed by atoms with E-state index in [2.05, 4.69) is 5.32 Å². The molecule has 0 heterocycles. The van der Waals surface area contributed by atoms with Gasteiger partial charge in [-0.2, -0.15) is 0 Å². The summed E-state index contributed by atoms with van der Waals surface area (Å²) in [5, 5.41) is 3.10. The van der Waals surface area contributed by atoms with Gasteiger partial charge in [-0.1, -0.05) is 12.1 Å². The molecule has 0 saturated heterocycles. The lowest BCUT2D eigenvalue weighted by Crippen LogP contribution is -2.21. The first-order chi connectivity index (χ1) is 9.43. The zero-order valence-electron chi connectivity index (χ0n) is 12.2. The molecule has 20 heavy (non-hydrogen) atoms. The molecule has 1 unspecified atom stereocenters. The van der Waals surface area contributed by atoms with Crippen molar-refractivity contribution in [3.63, 3.8) is 0 Å². The fourth-order valence-corrected chi connectivity index (χ4v) is 2.67. The van der Waals surface area contributed by atoms with Crippen LogP contribution in [0.5, 0.6) is 0 Å². The van der Waals surface area contributed by atoms with Gasteiger partial charge in [-0.05, 0) is 68.3 Å². The SMILES string of the molecule is CNC(c1cc(F)ccc1C)c1c(C)cc(C)cc1F. The van der Waals surface area contributed by atoms with Crippen molar-refractivity contribution < 1.29 is 8.78 Å². The van der Waals surface area contributed by atoms with Crippen LogP contribution in [0.3, 0.4) is 0 Å². The molecule has 106 valence electrons. The Morgan fingerprint density at radius 3 is 2.25 bits per heavy atom. The molecule has 0 aromatic heterocycles. The van der Waals surface area contributed by atoms with Gasteiger partial charge in [-0.3, -0.25) is 0 Å². The number of rotatable bonds is 3. The fourth-order valence-electron chi connectivity index (χ4n) is 2.67. The molecule has 0 aliphatic rings. The second-order valence-electron chi connectivity index (χ2n) is 5.20. The fraction of sp³-hybridized carbons (Fsp3) is 0.294. The minimum absolute atomic E-state index is 0.259. The third kappa shape index (κ3) is 2.73. The van der Waals surface area contributed by atoms with Crippen molar-refractivity contribution in [3.8, 4) is 0 Å². The van der Waals surface area contributed by atoms with Gasteiger partial charge in [-0.25, -0.2) is 8.78 Å². The topological polar surface area (TPSA) is 12.0 Å². The summed E-state index contributed by atoms with van der Waals surface area (Å²) in [5.74, 6) is -0.568. The van der Waals surface area contributed by atoms with Crippen molar-refractivity contribution in [2.24, 2.45) is 0 Å². The molecule has 0 spiro atoms. The van der Waals surface area contributed by atoms with Gasteiger partial charge in [0.15, 0.2) is 0 Å². The molecule has 1 nitrogen and oxygen atoms in total. The summed E-state index contributed by atoms with van der Waals surface area (Å²) in [4.78, 5) is 0. The van der Waals surface area contributed by atoms with E-state index in [9.17, 15) is 8.78 Å². The van der Waals surface area contributed by atoms with Crippen molar-refractivity contribution in [2.75, 3.05) is 7.05 Å². The number of benzene rings is 2. The Morgan fingerprint density at radius 2 is 1.65 bits per heavy atom. The minimum atomic E-state index is -0.355. The largest absolute Gasteiger partial charge is 0.309 e. The summed E-state index contributed by atoms with van der Waals surface area (Å²) in [6, 6.07) is 7.71. The molecule has 0 aliphatic heterocycles. The zero-order chi connectivity index (χ0) is 14.9. The lowest BCUT2D eigenvalue weighted by atomic mass is 9.91. The van der Waals surface area contributed by atoms with Gasteiger partial charge in [0.05, 0.1) is 6.04 Å². The molecule has 2 rings (SSSR count). The maximum atomic E-state index is 14.3. The number of nitrogens with one attached hydrogen (secondary N) is 1. The molecule has 2 aromatic carbocycles. The first-order valence-corrected chi connectivity index (χ1v) is 6.64. The van der Waals surface area contributed by atoms with Crippen LogP contribution in [0.15, 0.2) is 30.3 Å². The molecule has 2 aromatic rings. The Hall–Kier alpha value is -1.74. The standard InChI is InChI=1S/C17H19F2N/c1-10-7-12(3)16(15(19)8-10)17(20-4)14-9-13(18)6-5-11(14)2/h5-9,17,20H,1-4H3. The first-order valence-electron chi connectivity index (χ1n) is 6.64. The van der Waals surface area contributed by atoms with E-state index < -0.39 is 0 Å². The molecule has 0 bridgehead atoms. The lowest BCUT2D eigenvalue weighted by Gasteiger charge is -2.22. The third-order valence-corrected chi connectivity index (χ3v) is 3.61. The zero-order valence-corrected chi connectivity index (χ0v) is 12.2. The summed E-state index contributed by atoms with van der Waals surface area (Å²) in [5.41, 5.74) is 4.02. The molecule has 0 radical (unpaired) electrons. The quantitative estimate of drug-likeness (QED) is 0.885. The summed E-state index contributed by atoms with van der Waals surface area (Å²) in [6.07, 6.45) is 0. The van der Waals surface area contributed by atoms with Crippen LogP contribution in [0.25, 0.3) is 0 Å². The summed E-state index contributed by atoms with van der Waals surface area (Å²) < 4.78 is 27.8. The molecule has 1 atom stereocenters. The molecule has 0 saturated carbocycles. The van der Waals surface area contributed by atoms with Gasteiger partial charge in [0, 0.05) is 5.56 Å². The van der Waals surface area contributed by atoms with Gasteiger partial charge in [0.25, 0.3) is 0 Å². The average molecular weight is 275 g/mol. The number of hydrogen-bond donors (Lipinski definition) is 1. The van der Waals surface area contributed by atoms with Gasteiger partial charge in [0.1, 0.15) is 11.6 Å². The van der Waals surface area contributed by atoms with Crippen LogP contribution in [0.1, 0.15) is 33.9 Å². The Kier molecular flexibility index (Phi) is 4.19. The Labute approximate surface area is 118 Å². The molecule has 1 N–H and O–H groups in total. The number of aryl methyl sites for hydroxylation is 3. The summed E-state index contributed by atoms with van der Waals surface area (Å²) in [7, 11) is 1.76. The van der Waals surface area contributed by atoms with E-state index in [4.69, 9.17) is 0 Å². The van der Waals surface area contributed by atoms with Crippen LogP contribution in [-0.4, -0.2) is 7.05 Å². The predicted molar refractivity (Wildman–Crippen MR) is 77.9 cm³/mol. The van der Waals surface area contributed by atoms with Crippen LogP contribution in [0.4, 0.5) is 8.78 Å². The van der Waals surface area contributed by atoms with Crippen LogP contribution in [0.2, 0.25) is 0 Å². The molecular formula is C17H19F2N. The highest BCUT2D eigenvalue weighted by Gasteiger charge is 2.21. The van der Waals surface area contributed by atoms with Gasteiger partial charge < -0.3 is 5.32 Å². The molecular weight excluding hydrogens is 256 g/mol. The molecule has 3 heteroatoms. The Bertz CT molecular complexity index is 612. The summed E-state index contributed by atoms with van der Waals surface area (Å²) in [6.45, 7) is 5.65. The van der Waals surface area contributed by atoms with Crippen LogP contribution >= 0.6 is 0 Å². The Morgan fingerprint density at radius 1 is 0.950 bits per heavy atom. The van der Waals surface area contributed by atoms with E-state index in [0.717, 1.165) is 22.3 Å². The highest BCUT2D eigenvalue weighted by atomic mass is 19.1. The van der Waals surface area contributed by atoms with E-state index in [1.165, 1.54) is 18.2 Å². The van der Waals surface area contributed by atoms with E-state index in [1.807, 2.05) is 26.8 Å². The van der Waals surface area contributed by atoms with Crippen LogP contribution in [-0.2, 0) is 0 Å². The van der Waals surface area contributed by atoms with Crippen molar-refractivity contribution in [3.05, 3.63) is 69.8 Å². The number of halogens is 2. The highest BCUT2D eigenvalue weighted by Crippen LogP contribution is 2.30. The third-order valence-electron chi connectivity index (χ3n) is 3.61. The average Bonchev–Trinajstić information content (AvgIpc) is 2.37. The second-order valence-corrected chi connectivity index (χ2v) is 5.20. The van der Waals surface area contributed by atoms with E-state index in [1.54, 1.807) is 13.1 Å². The van der Waals surface area contributed by atoms with Crippen molar-refractivity contribution in [1.29, 1.82) is 0 Å². The van der Waals surface area contributed by atoms with Gasteiger partial charge in [0.2, 0.25) is 0 Å². The van der Waals surface area contributed by atoms with Gasteiger partial charge >= 0.3 is 0 Å². The maximum Gasteiger partial charge on any atom is 0.128 e. The first kappa shape index (κ1) is 14.7. The number of hydrogen-bond acceptors (Lipinski definition) is 1. The molecule has 0 aliphatic carbocycles. The van der Waals surface area contributed by atoms with Gasteiger partial charge in [-0.15, -0.1) is 0 Å². The van der Waals surface area contributed by atoms with E-state index in [-0.39, 0.29) is 17.7 Å². The molecule has 0 amide bonds. The van der Waals surface area contributed by atoms with E-state index >= 15 is 0 Å². The molecule has 0 fully saturated rings. The van der Waals surface area contributed by atoms with E-state index in [0.29, 0.717) is 5.56 Å². The smallest absolute Gasteiger partial charge is 0.128 e. The lowest BCUT2D eigenvalue weighted by molar-refractivity contribution is 0.566. The minimum Gasteiger partial charge on any atom is -0.309 e. The second kappa shape index (κ2) is 5.71.